The summed E-state index contributed by atoms with van der Waals surface area (Å²) >= 11 is 11.7. The van der Waals surface area contributed by atoms with Crippen molar-refractivity contribution < 1.29 is 14.7 Å². The molecule has 0 aliphatic carbocycles. The lowest BCUT2D eigenvalue weighted by atomic mass is 10.3. The second-order valence-electron chi connectivity index (χ2n) is 3.48. The number of urea groups is 1. The number of carboxylic acid groups (broad SMARTS) is 1. The third-order valence-electron chi connectivity index (χ3n) is 2.05. The van der Waals surface area contributed by atoms with Crippen molar-refractivity contribution in [2.24, 2.45) is 0 Å². The van der Waals surface area contributed by atoms with Crippen LogP contribution in [0.2, 0.25) is 10.0 Å². The molecule has 0 fully saturated rings. The monoisotopic (exact) mass is 290 g/mol. The number of nitrogens with one attached hydrogen (secondary N) is 2. The minimum atomic E-state index is -0.893. The van der Waals surface area contributed by atoms with Gasteiger partial charge in [0.25, 0.3) is 0 Å². The number of carboxylic acids is 1. The highest BCUT2D eigenvalue weighted by molar-refractivity contribution is 6.43. The summed E-state index contributed by atoms with van der Waals surface area (Å²) in [7, 11) is 0. The molecule has 0 atom stereocenters. The van der Waals surface area contributed by atoms with Crippen LogP contribution < -0.4 is 10.6 Å². The molecule has 1 aromatic carbocycles. The molecule has 98 valence electrons. The van der Waals surface area contributed by atoms with Gasteiger partial charge in [0.1, 0.15) is 0 Å². The lowest BCUT2D eigenvalue weighted by Crippen LogP contribution is -2.29. The maximum absolute atomic E-state index is 11.4. The van der Waals surface area contributed by atoms with Crippen molar-refractivity contribution in [3.63, 3.8) is 0 Å². The smallest absolute Gasteiger partial charge is 0.319 e. The summed E-state index contributed by atoms with van der Waals surface area (Å²) in [5.74, 6) is -0.893. The van der Waals surface area contributed by atoms with Crippen molar-refractivity contribution in [1.82, 2.24) is 5.32 Å². The van der Waals surface area contributed by atoms with Gasteiger partial charge < -0.3 is 15.7 Å². The van der Waals surface area contributed by atoms with E-state index in [0.29, 0.717) is 17.1 Å². The number of carbonyl (C=O) groups is 2. The largest absolute Gasteiger partial charge is 0.481 e. The summed E-state index contributed by atoms with van der Waals surface area (Å²) in [4.78, 5) is 21.7. The highest BCUT2D eigenvalue weighted by Gasteiger charge is 2.07. The van der Waals surface area contributed by atoms with Crippen LogP contribution in [-0.2, 0) is 4.79 Å². The molecule has 0 bridgehead atoms. The van der Waals surface area contributed by atoms with Gasteiger partial charge in [-0.1, -0.05) is 29.3 Å². The van der Waals surface area contributed by atoms with E-state index in [9.17, 15) is 9.59 Å². The first-order valence-corrected chi connectivity index (χ1v) is 5.97. The number of hydrogen-bond acceptors (Lipinski definition) is 2. The van der Waals surface area contributed by atoms with Crippen molar-refractivity contribution in [3.8, 4) is 0 Å². The number of benzene rings is 1. The van der Waals surface area contributed by atoms with E-state index in [0.717, 1.165) is 0 Å². The predicted octanol–water partition coefficient (Wildman–Crippen LogP) is 2.98. The average Bonchev–Trinajstić information content (AvgIpc) is 2.30. The molecule has 1 rings (SSSR count). The van der Waals surface area contributed by atoms with Crippen LogP contribution in [0, 0.1) is 0 Å². The number of amides is 2. The summed E-state index contributed by atoms with van der Waals surface area (Å²) in [6.07, 6.45) is 0.379. The number of hydrogen-bond donors (Lipinski definition) is 3. The van der Waals surface area contributed by atoms with Crippen molar-refractivity contribution in [2.45, 2.75) is 12.8 Å². The quantitative estimate of drug-likeness (QED) is 0.730. The van der Waals surface area contributed by atoms with Crippen LogP contribution in [0.4, 0.5) is 10.5 Å². The van der Waals surface area contributed by atoms with Gasteiger partial charge in [-0.2, -0.15) is 0 Å². The average molecular weight is 291 g/mol. The van der Waals surface area contributed by atoms with Crippen molar-refractivity contribution in [1.29, 1.82) is 0 Å². The standard InChI is InChI=1S/C11H12Cl2N2O3/c12-7-3-1-4-8(10(7)13)15-11(18)14-6-2-5-9(16)17/h1,3-4H,2,5-6H2,(H,16,17)(H2,14,15,18). The van der Waals surface area contributed by atoms with Gasteiger partial charge in [-0.15, -0.1) is 0 Å². The zero-order valence-electron chi connectivity index (χ0n) is 9.37. The number of carbonyl (C=O) groups excluding carboxylic acids is 1. The van der Waals surface area contributed by atoms with Gasteiger partial charge in [0.05, 0.1) is 15.7 Å². The molecule has 0 radical (unpaired) electrons. The van der Waals surface area contributed by atoms with Crippen LogP contribution in [0.3, 0.4) is 0 Å². The van der Waals surface area contributed by atoms with Crippen LogP contribution in [-0.4, -0.2) is 23.7 Å². The Morgan fingerprint density at radius 2 is 2.00 bits per heavy atom. The molecule has 0 heterocycles. The zero-order valence-corrected chi connectivity index (χ0v) is 10.9. The Balaban J connectivity index is 2.40. The Bertz CT molecular complexity index is 452. The third kappa shape index (κ3) is 4.81. The molecule has 3 N–H and O–H groups in total. The zero-order chi connectivity index (χ0) is 13.5. The maximum atomic E-state index is 11.4. The Kier molecular flexibility index (Phi) is 5.74. The number of rotatable bonds is 5. The van der Waals surface area contributed by atoms with Gasteiger partial charge in [-0.25, -0.2) is 4.79 Å². The second kappa shape index (κ2) is 7.08. The fourth-order valence-corrected chi connectivity index (χ4v) is 1.56. The lowest BCUT2D eigenvalue weighted by molar-refractivity contribution is -0.137. The normalized spacial score (nSPS) is 9.89. The molecule has 18 heavy (non-hydrogen) atoms. The summed E-state index contributed by atoms with van der Waals surface area (Å²) in [5.41, 5.74) is 0.403. The van der Waals surface area contributed by atoms with Crippen LogP contribution in [0.5, 0.6) is 0 Å². The highest BCUT2D eigenvalue weighted by Crippen LogP contribution is 2.29. The fourth-order valence-electron chi connectivity index (χ4n) is 1.21. The van der Waals surface area contributed by atoms with Crippen molar-refractivity contribution >= 4 is 40.9 Å². The van der Waals surface area contributed by atoms with Gasteiger partial charge in [-0.3, -0.25) is 4.79 Å². The fraction of sp³-hybridized carbons (Fsp3) is 0.273. The number of halogens is 2. The summed E-state index contributed by atoms with van der Waals surface area (Å²) < 4.78 is 0. The van der Waals surface area contributed by atoms with Crippen LogP contribution in [0.25, 0.3) is 0 Å². The summed E-state index contributed by atoms with van der Waals surface area (Å²) in [5, 5.41) is 14.1. The minimum absolute atomic E-state index is 0.0121. The van der Waals surface area contributed by atoms with E-state index in [-0.39, 0.29) is 18.0 Å². The van der Waals surface area contributed by atoms with E-state index in [1.807, 2.05) is 0 Å². The molecule has 0 spiro atoms. The minimum Gasteiger partial charge on any atom is -0.481 e. The van der Waals surface area contributed by atoms with E-state index in [1.165, 1.54) is 0 Å². The SMILES string of the molecule is O=C(O)CCCNC(=O)Nc1cccc(Cl)c1Cl. The van der Waals surface area contributed by atoms with Gasteiger partial charge in [-0.05, 0) is 18.6 Å². The highest BCUT2D eigenvalue weighted by atomic mass is 35.5. The topological polar surface area (TPSA) is 78.4 Å². The van der Waals surface area contributed by atoms with Gasteiger partial charge in [0.2, 0.25) is 0 Å². The van der Waals surface area contributed by atoms with Gasteiger partial charge in [0.15, 0.2) is 0 Å². The number of aliphatic carboxylic acids is 1. The summed E-state index contributed by atoms with van der Waals surface area (Å²) in [6.45, 7) is 0.274. The molecule has 0 aliphatic heterocycles. The molecule has 0 saturated carbocycles. The molecule has 0 aromatic heterocycles. The first-order valence-electron chi connectivity index (χ1n) is 5.21. The van der Waals surface area contributed by atoms with E-state index < -0.39 is 12.0 Å². The van der Waals surface area contributed by atoms with Crippen molar-refractivity contribution in [3.05, 3.63) is 28.2 Å². The van der Waals surface area contributed by atoms with E-state index in [4.69, 9.17) is 28.3 Å². The van der Waals surface area contributed by atoms with Crippen LogP contribution >= 0.6 is 23.2 Å². The van der Waals surface area contributed by atoms with E-state index in [2.05, 4.69) is 10.6 Å². The molecule has 2 amide bonds. The molecular weight excluding hydrogens is 279 g/mol. The molecular formula is C11H12Cl2N2O3. The Morgan fingerprint density at radius 3 is 2.67 bits per heavy atom. The predicted molar refractivity (Wildman–Crippen MR) is 70.4 cm³/mol. The van der Waals surface area contributed by atoms with Crippen molar-refractivity contribution in [2.75, 3.05) is 11.9 Å². The second-order valence-corrected chi connectivity index (χ2v) is 4.26. The first-order chi connectivity index (χ1) is 8.50. The number of anilines is 1. The molecule has 7 heteroatoms. The molecule has 1 aromatic rings. The molecule has 5 nitrogen and oxygen atoms in total. The molecule has 0 aliphatic rings. The Labute approximate surface area is 114 Å². The van der Waals surface area contributed by atoms with Gasteiger partial charge in [0, 0.05) is 13.0 Å². The van der Waals surface area contributed by atoms with Gasteiger partial charge >= 0.3 is 12.0 Å². The van der Waals surface area contributed by atoms with Crippen LogP contribution in [0.15, 0.2) is 18.2 Å². The maximum Gasteiger partial charge on any atom is 0.319 e. The van der Waals surface area contributed by atoms with Crippen LogP contribution in [0.1, 0.15) is 12.8 Å². The first kappa shape index (κ1) is 14.6. The Morgan fingerprint density at radius 1 is 1.28 bits per heavy atom. The third-order valence-corrected chi connectivity index (χ3v) is 2.87. The lowest BCUT2D eigenvalue weighted by Gasteiger charge is -2.09. The van der Waals surface area contributed by atoms with E-state index >= 15 is 0 Å². The Hall–Kier alpha value is -1.46. The molecule has 0 unspecified atom stereocenters. The van der Waals surface area contributed by atoms with E-state index in [1.54, 1.807) is 18.2 Å². The molecule has 0 saturated heterocycles. The summed E-state index contributed by atoms with van der Waals surface area (Å²) in [6, 6.07) is 4.43.